The molecular formula is C15H23N3O. The van der Waals surface area contributed by atoms with Gasteiger partial charge in [-0.15, -0.1) is 0 Å². The molecule has 1 amide bonds. The van der Waals surface area contributed by atoms with Crippen LogP contribution in [0.2, 0.25) is 0 Å². The zero-order valence-electron chi connectivity index (χ0n) is 11.6. The summed E-state index contributed by atoms with van der Waals surface area (Å²) >= 11 is 0. The molecule has 0 saturated heterocycles. The van der Waals surface area contributed by atoms with Crippen LogP contribution in [0.15, 0.2) is 18.5 Å². The minimum absolute atomic E-state index is 0.00873. The van der Waals surface area contributed by atoms with Gasteiger partial charge in [0.1, 0.15) is 0 Å². The van der Waals surface area contributed by atoms with E-state index in [1.54, 1.807) is 17.0 Å². The van der Waals surface area contributed by atoms with Crippen molar-refractivity contribution in [1.82, 2.24) is 15.1 Å². The maximum absolute atomic E-state index is 11.9. The summed E-state index contributed by atoms with van der Waals surface area (Å²) < 4.78 is 1.73. The van der Waals surface area contributed by atoms with Gasteiger partial charge in [0.15, 0.2) is 0 Å². The summed E-state index contributed by atoms with van der Waals surface area (Å²) in [6.07, 6.45) is 15.7. The average Bonchev–Trinajstić information content (AvgIpc) is 2.76. The molecule has 1 aliphatic rings. The molecule has 1 aromatic rings. The molecule has 1 saturated carbocycles. The van der Waals surface area contributed by atoms with E-state index < -0.39 is 0 Å². The minimum Gasteiger partial charge on any atom is -0.350 e. The average molecular weight is 261 g/mol. The van der Waals surface area contributed by atoms with Crippen molar-refractivity contribution in [2.24, 2.45) is 7.05 Å². The number of aryl methyl sites for hydroxylation is 1. The molecule has 104 valence electrons. The molecule has 1 heterocycles. The molecule has 0 aromatic carbocycles. The topological polar surface area (TPSA) is 46.9 Å². The van der Waals surface area contributed by atoms with Crippen LogP contribution in [-0.2, 0) is 11.8 Å². The largest absolute Gasteiger partial charge is 0.350 e. The Kier molecular flexibility index (Phi) is 5.19. The Morgan fingerprint density at radius 2 is 2.00 bits per heavy atom. The Morgan fingerprint density at radius 1 is 1.32 bits per heavy atom. The van der Waals surface area contributed by atoms with Crippen molar-refractivity contribution in [3.05, 3.63) is 24.0 Å². The van der Waals surface area contributed by atoms with E-state index in [1.165, 1.54) is 32.1 Å². The first-order chi connectivity index (χ1) is 9.24. The summed E-state index contributed by atoms with van der Waals surface area (Å²) in [5, 5.41) is 7.18. The quantitative estimate of drug-likeness (QED) is 0.850. The Morgan fingerprint density at radius 3 is 2.63 bits per heavy atom. The summed E-state index contributed by atoms with van der Waals surface area (Å²) in [6.45, 7) is 0. The van der Waals surface area contributed by atoms with E-state index in [0.717, 1.165) is 18.4 Å². The van der Waals surface area contributed by atoms with E-state index >= 15 is 0 Å². The van der Waals surface area contributed by atoms with E-state index in [1.807, 2.05) is 19.3 Å². The Labute approximate surface area is 114 Å². The number of nitrogens with one attached hydrogen (secondary N) is 1. The summed E-state index contributed by atoms with van der Waals surface area (Å²) in [4.78, 5) is 11.9. The number of amides is 1. The molecule has 4 heteroatoms. The highest BCUT2D eigenvalue weighted by Crippen LogP contribution is 2.17. The second kappa shape index (κ2) is 7.12. The maximum atomic E-state index is 11.9. The number of aromatic nitrogens is 2. The maximum Gasteiger partial charge on any atom is 0.244 e. The number of rotatable bonds is 3. The van der Waals surface area contributed by atoms with Crippen molar-refractivity contribution in [1.29, 1.82) is 0 Å². The van der Waals surface area contributed by atoms with Crippen LogP contribution in [0.4, 0.5) is 0 Å². The van der Waals surface area contributed by atoms with Crippen LogP contribution in [0.3, 0.4) is 0 Å². The number of hydrogen-bond acceptors (Lipinski definition) is 2. The summed E-state index contributed by atoms with van der Waals surface area (Å²) in [5.74, 6) is 0.00873. The third-order valence-electron chi connectivity index (χ3n) is 3.60. The SMILES string of the molecule is Cn1cc(C=CC(=O)NC2CCCCCCC2)cn1. The van der Waals surface area contributed by atoms with E-state index in [9.17, 15) is 4.79 Å². The third kappa shape index (κ3) is 4.89. The fourth-order valence-corrected chi connectivity index (χ4v) is 2.55. The fourth-order valence-electron chi connectivity index (χ4n) is 2.55. The van der Waals surface area contributed by atoms with Crippen LogP contribution >= 0.6 is 0 Å². The Balaban J connectivity index is 1.80. The van der Waals surface area contributed by atoms with E-state index in [-0.39, 0.29) is 5.91 Å². The molecule has 1 aromatic heterocycles. The Hall–Kier alpha value is -1.58. The molecule has 1 N–H and O–H groups in total. The first-order valence-corrected chi connectivity index (χ1v) is 7.21. The molecular weight excluding hydrogens is 238 g/mol. The van der Waals surface area contributed by atoms with Gasteiger partial charge in [-0.25, -0.2) is 0 Å². The first kappa shape index (κ1) is 13.8. The van der Waals surface area contributed by atoms with Gasteiger partial charge in [-0.3, -0.25) is 9.48 Å². The highest BCUT2D eigenvalue weighted by molar-refractivity contribution is 5.91. The highest BCUT2D eigenvalue weighted by Gasteiger charge is 2.12. The highest BCUT2D eigenvalue weighted by atomic mass is 16.1. The van der Waals surface area contributed by atoms with Crippen molar-refractivity contribution >= 4 is 12.0 Å². The number of carbonyl (C=O) groups excluding carboxylic acids is 1. The van der Waals surface area contributed by atoms with Crippen LogP contribution in [0.1, 0.15) is 50.5 Å². The predicted octanol–water partition coefficient (Wildman–Crippen LogP) is 2.66. The van der Waals surface area contributed by atoms with Crippen LogP contribution in [-0.4, -0.2) is 21.7 Å². The lowest BCUT2D eigenvalue weighted by molar-refractivity contribution is -0.117. The van der Waals surface area contributed by atoms with Crippen LogP contribution in [0.25, 0.3) is 6.08 Å². The van der Waals surface area contributed by atoms with E-state index in [0.29, 0.717) is 6.04 Å². The van der Waals surface area contributed by atoms with E-state index in [2.05, 4.69) is 10.4 Å². The molecule has 0 unspecified atom stereocenters. The zero-order valence-corrected chi connectivity index (χ0v) is 11.6. The molecule has 0 atom stereocenters. The molecule has 1 aliphatic carbocycles. The first-order valence-electron chi connectivity index (χ1n) is 7.21. The lowest BCUT2D eigenvalue weighted by Crippen LogP contribution is -2.34. The number of nitrogens with zero attached hydrogens (tertiary/aromatic N) is 2. The van der Waals surface area contributed by atoms with Gasteiger partial charge in [0.2, 0.25) is 5.91 Å². The minimum atomic E-state index is 0.00873. The number of carbonyl (C=O) groups is 1. The number of hydrogen-bond donors (Lipinski definition) is 1. The van der Waals surface area contributed by atoms with Crippen LogP contribution in [0.5, 0.6) is 0 Å². The summed E-state index contributed by atoms with van der Waals surface area (Å²) in [7, 11) is 1.87. The molecule has 19 heavy (non-hydrogen) atoms. The second-order valence-corrected chi connectivity index (χ2v) is 5.33. The van der Waals surface area contributed by atoms with Gasteiger partial charge in [-0.05, 0) is 18.9 Å². The van der Waals surface area contributed by atoms with Crippen molar-refractivity contribution in [3.63, 3.8) is 0 Å². The molecule has 2 rings (SSSR count). The summed E-state index contributed by atoms with van der Waals surface area (Å²) in [5.41, 5.74) is 0.954. The van der Waals surface area contributed by atoms with Gasteiger partial charge in [0.05, 0.1) is 6.20 Å². The fraction of sp³-hybridized carbons (Fsp3) is 0.600. The summed E-state index contributed by atoms with van der Waals surface area (Å²) in [6, 6.07) is 0.353. The van der Waals surface area contributed by atoms with Crippen molar-refractivity contribution in [2.75, 3.05) is 0 Å². The van der Waals surface area contributed by atoms with E-state index in [4.69, 9.17) is 0 Å². The van der Waals surface area contributed by atoms with Gasteiger partial charge in [0, 0.05) is 30.9 Å². The normalized spacial score (nSPS) is 18.2. The van der Waals surface area contributed by atoms with Gasteiger partial charge in [0.25, 0.3) is 0 Å². The zero-order chi connectivity index (χ0) is 13.5. The predicted molar refractivity (Wildman–Crippen MR) is 76.5 cm³/mol. The van der Waals surface area contributed by atoms with Gasteiger partial charge in [-0.1, -0.05) is 32.1 Å². The third-order valence-corrected chi connectivity index (χ3v) is 3.60. The molecule has 1 fully saturated rings. The smallest absolute Gasteiger partial charge is 0.244 e. The van der Waals surface area contributed by atoms with Crippen LogP contribution in [0, 0.1) is 0 Å². The van der Waals surface area contributed by atoms with Crippen molar-refractivity contribution in [3.8, 4) is 0 Å². The lowest BCUT2D eigenvalue weighted by Gasteiger charge is -2.20. The van der Waals surface area contributed by atoms with Gasteiger partial charge < -0.3 is 5.32 Å². The van der Waals surface area contributed by atoms with Crippen LogP contribution < -0.4 is 5.32 Å². The second-order valence-electron chi connectivity index (χ2n) is 5.33. The molecule has 0 spiro atoms. The van der Waals surface area contributed by atoms with Crippen molar-refractivity contribution in [2.45, 2.75) is 51.0 Å². The lowest BCUT2D eigenvalue weighted by atomic mass is 9.97. The van der Waals surface area contributed by atoms with Gasteiger partial charge >= 0.3 is 0 Å². The Bertz CT molecular complexity index is 428. The molecule has 0 radical (unpaired) electrons. The van der Waals surface area contributed by atoms with Gasteiger partial charge in [-0.2, -0.15) is 5.10 Å². The molecule has 4 nitrogen and oxygen atoms in total. The van der Waals surface area contributed by atoms with Crippen molar-refractivity contribution < 1.29 is 4.79 Å². The molecule has 0 bridgehead atoms. The monoisotopic (exact) mass is 261 g/mol. The standard InChI is InChI=1S/C15H23N3O/c1-18-12-13(11-16-18)9-10-15(19)17-14-7-5-3-2-4-6-8-14/h9-12,14H,2-8H2,1H3,(H,17,19). The molecule has 0 aliphatic heterocycles.